The second-order valence-corrected chi connectivity index (χ2v) is 5.75. The van der Waals surface area contributed by atoms with Gasteiger partial charge < -0.3 is 10.2 Å². The molecule has 0 aliphatic carbocycles. The first-order valence-corrected chi connectivity index (χ1v) is 7.51. The normalized spacial score (nSPS) is 19.5. The predicted molar refractivity (Wildman–Crippen MR) is 78.5 cm³/mol. The smallest absolute Gasteiger partial charge is 0.352 e. The third-order valence-corrected chi connectivity index (χ3v) is 3.83. The number of hydrogen-bond acceptors (Lipinski definition) is 2. The van der Waals surface area contributed by atoms with E-state index in [0.717, 1.165) is 5.56 Å². The fourth-order valence-corrected chi connectivity index (χ4v) is 2.80. The van der Waals surface area contributed by atoms with E-state index >= 15 is 0 Å². The first-order valence-electron chi connectivity index (χ1n) is 7.51. The molecule has 1 N–H and O–H groups in total. The van der Waals surface area contributed by atoms with Crippen LogP contribution in [0.5, 0.6) is 0 Å². The van der Waals surface area contributed by atoms with Gasteiger partial charge in [-0.2, -0.15) is 13.2 Å². The quantitative estimate of drug-likeness (QED) is 0.922. The second-order valence-electron chi connectivity index (χ2n) is 5.75. The van der Waals surface area contributed by atoms with E-state index in [0.29, 0.717) is 17.7 Å². The number of hydrogen-bond donors (Lipinski definition) is 1. The van der Waals surface area contributed by atoms with Crippen LogP contribution in [0.2, 0.25) is 0 Å². The number of alkyl halides is 3. The van der Waals surface area contributed by atoms with Crippen molar-refractivity contribution in [1.82, 2.24) is 10.2 Å². The summed E-state index contributed by atoms with van der Waals surface area (Å²) in [6.45, 7) is 1.75. The number of carbonyl (C=O) groups excluding carboxylic acids is 2. The van der Waals surface area contributed by atoms with Gasteiger partial charge in [0.2, 0.25) is 5.91 Å². The summed E-state index contributed by atoms with van der Waals surface area (Å²) in [6.07, 6.45) is -3.72. The lowest BCUT2D eigenvalue weighted by molar-refractivity contribution is -0.186. The van der Waals surface area contributed by atoms with Crippen molar-refractivity contribution >= 4 is 11.8 Å². The average molecular weight is 328 g/mol. The first-order chi connectivity index (χ1) is 10.8. The Labute approximate surface area is 132 Å². The van der Waals surface area contributed by atoms with E-state index in [4.69, 9.17) is 0 Å². The minimum absolute atomic E-state index is 0.0382. The fourth-order valence-electron chi connectivity index (χ4n) is 2.80. The van der Waals surface area contributed by atoms with Crippen molar-refractivity contribution < 1.29 is 22.8 Å². The molecule has 7 heteroatoms. The van der Waals surface area contributed by atoms with E-state index < -0.39 is 24.0 Å². The molecule has 2 amide bonds. The van der Waals surface area contributed by atoms with Crippen LogP contribution in [0.4, 0.5) is 13.2 Å². The molecule has 0 saturated carbocycles. The molecule has 2 unspecified atom stereocenters. The summed E-state index contributed by atoms with van der Waals surface area (Å²) in [6, 6.07) is 8.20. The van der Waals surface area contributed by atoms with Crippen LogP contribution in [0.15, 0.2) is 30.3 Å². The van der Waals surface area contributed by atoms with Crippen LogP contribution in [-0.4, -0.2) is 41.5 Å². The van der Waals surface area contributed by atoms with Gasteiger partial charge in [-0.3, -0.25) is 9.59 Å². The highest BCUT2D eigenvalue weighted by molar-refractivity contribution is 5.90. The maximum atomic E-state index is 12.6. The largest absolute Gasteiger partial charge is 0.471 e. The molecule has 1 saturated heterocycles. The molecule has 4 nitrogen and oxygen atoms in total. The van der Waals surface area contributed by atoms with E-state index in [2.05, 4.69) is 5.32 Å². The molecule has 0 radical (unpaired) electrons. The molecule has 2 atom stereocenters. The van der Waals surface area contributed by atoms with Crippen molar-refractivity contribution in [3.63, 3.8) is 0 Å². The SMILES string of the molecule is CC(Cc1ccccc1)NC(=O)C1CCCN1C(=O)C(F)(F)F. The molecule has 2 rings (SSSR count). The van der Waals surface area contributed by atoms with Crippen molar-refractivity contribution in [2.24, 2.45) is 0 Å². The fraction of sp³-hybridized carbons (Fsp3) is 0.500. The standard InChI is InChI=1S/C16H19F3N2O2/c1-11(10-12-6-3-2-4-7-12)20-14(22)13-8-5-9-21(13)15(23)16(17,18)19/h2-4,6-7,11,13H,5,8-10H2,1H3,(H,20,22). The number of nitrogens with one attached hydrogen (secondary N) is 1. The Morgan fingerprint density at radius 3 is 2.57 bits per heavy atom. The lowest BCUT2D eigenvalue weighted by Crippen LogP contribution is -2.51. The van der Waals surface area contributed by atoms with E-state index in [1.54, 1.807) is 6.92 Å². The molecular formula is C16H19F3N2O2. The van der Waals surface area contributed by atoms with E-state index in [-0.39, 0.29) is 19.0 Å². The molecule has 0 aromatic heterocycles. The minimum Gasteiger partial charge on any atom is -0.352 e. The lowest BCUT2D eigenvalue weighted by Gasteiger charge is -2.26. The number of benzene rings is 1. The lowest BCUT2D eigenvalue weighted by atomic mass is 10.1. The van der Waals surface area contributed by atoms with Crippen LogP contribution in [0.1, 0.15) is 25.3 Å². The molecule has 1 aliphatic rings. The monoisotopic (exact) mass is 328 g/mol. The summed E-state index contributed by atoms with van der Waals surface area (Å²) in [7, 11) is 0. The third-order valence-electron chi connectivity index (χ3n) is 3.83. The molecule has 1 aromatic rings. The van der Waals surface area contributed by atoms with Gasteiger partial charge in [-0.25, -0.2) is 0 Å². The first kappa shape index (κ1) is 17.3. The zero-order valence-electron chi connectivity index (χ0n) is 12.8. The maximum absolute atomic E-state index is 12.6. The molecule has 1 fully saturated rings. The Kier molecular flexibility index (Phi) is 5.28. The summed E-state index contributed by atoms with van der Waals surface area (Å²) in [5.74, 6) is -2.46. The number of rotatable bonds is 4. The molecule has 126 valence electrons. The molecule has 23 heavy (non-hydrogen) atoms. The zero-order chi connectivity index (χ0) is 17.0. The molecule has 1 aromatic carbocycles. The topological polar surface area (TPSA) is 49.4 Å². The van der Waals surface area contributed by atoms with Gasteiger partial charge in [0.25, 0.3) is 0 Å². The van der Waals surface area contributed by atoms with Gasteiger partial charge in [0, 0.05) is 12.6 Å². The number of carbonyl (C=O) groups is 2. The van der Waals surface area contributed by atoms with Crippen molar-refractivity contribution in [3.8, 4) is 0 Å². The van der Waals surface area contributed by atoms with E-state index in [1.165, 1.54) is 0 Å². The van der Waals surface area contributed by atoms with Crippen LogP contribution in [0, 0.1) is 0 Å². The maximum Gasteiger partial charge on any atom is 0.471 e. The number of likely N-dealkylation sites (tertiary alicyclic amines) is 1. The van der Waals surface area contributed by atoms with Crippen LogP contribution in [0.3, 0.4) is 0 Å². The van der Waals surface area contributed by atoms with Crippen LogP contribution in [0.25, 0.3) is 0 Å². The zero-order valence-corrected chi connectivity index (χ0v) is 12.8. The number of amides is 2. The van der Waals surface area contributed by atoms with Crippen molar-refractivity contribution in [3.05, 3.63) is 35.9 Å². The second kappa shape index (κ2) is 7.02. The summed E-state index contributed by atoms with van der Waals surface area (Å²) >= 11 is 0. The molecule has 1 aliphatic heterocycles. The van der Waals surface area contributed by atoms with Crippen molar-refractivity contribution in [2.75, 3.05) is 6.54 Å². The van der Waals surface area contributed by atoms with Crippen molar-refractivity contribution in [1.29, 1.82) is 0 Å². The van der Waals surface area contributed by atoms with Gasteiger partial charge >= 0.3 is 12.1 Å². The Hall–Kier alpha value is -2.05. The average Bonchev–Trinajstić information content (AvgIpc) is 2.95. The molecule has 1 heterocycles. The van der Waals surface area contributed by atoms with Crippen LogP contribution < -0.4 is 5.32 Å². The van der Waals surface area contributed by atoms with Gasteiger partial charge in [-0.1, -0.05) is 30.3 Å². The Morgan fingerprint density at radius 1 is 1.30 bits per heavy atom. The highest BCUT2D eigenvalue weighted by atomic mass is 19.4. The minimum atomic E-state index is -4.95. The highest BCUT2D eigenvalue weighted by Crippen LogP contribution is 2.25. The van der Waals surface area contributed by atoms with Gasteiger partial charge in [0.15, 0.2) is 0 Å². The Morgan fingerprint density at radius 2 is 1.96 bits per heavy atom. The van der Waals surface area contributed by atoms with Crippen LogP contribution >= 0.6 is 0 Å². The van der Waals surface area contributed by atoms with E-state index in [1.807, 2.05) is 30.3 Å². The Balaban J connectivity index is 1.95. The van der Waals surface area contributed by atoms with E-state index in [9.17, 15) is 22.8 Å². The molecular weight excluding hydrogens is 309 g/mol. The third kappa shape index (κ3) is 4.46. The summed E-state index contributed by atoms with van der Waals surface area (Å²) < 4.78 is 37.7. The van der Waals surface area contributed by atoms with Crippen molar-refractivity contribution in [2.45, 2.75) is 44.4 Å². The Bertz CT molecular complexity index is 560. The van der Waals surface area contributed by atoms with Gasteiger partial charge in [-0.15, -0.1) is 0 Å². The van der Waals surface area contributed by atoms with Crippen LogP contribution in [-0.2, 0) is 16.0 Å². The van der Waals surface area contributed by atoms with Gasteiger partial charge in [0.05, 0.1) is 0 Å². The molecule has 0 bridgehead atoms. The number of nitrogens with zero attached hydrogens (tertiary/aromatic N) is 1. The van der Waals surface area contributed by atoms with Gasteiger partial charge in [-0.05, 0) is 31.7 Å². The molecule has 0 spiro atoms. The number of halogens is 3. The summed E-state index contributed by atoms with van der Waals surface area (Å²) in [4.78, 5) is 24.2. The predicted octanol–water partition coefficient (Wildman–Crippen LogP) is 2.29. The summed E-state index contributed by atoms with van der Waals surface area (Å²) in [5, 5.41) is 2.71. The summed E-state index contributed by atoms with van der Waals surface area (Å²) in [5.41, 5.74) is 1.02. The highest BCUT2D eigenvalue weighted by Gasteiger charge is 2.47. The van der Waals surface area contributed by atoms with Gasteiger partial charge in [0.1, 0.15) is 6.04 Å².